The zero-order valence-corrected chi connectivity index (χ0v) is 12.2. The molecule has 0 bridgehead atoms. The van der Waals surface area contributed by atoms with Gasteiger partial charge in [0.15, 0.2) is 0 Å². The lowest BCUT2D eigenvalue weighted by atomic mass is 9.98. The zero-order chi connectivity index (χ0) is 14.8. The highest BCUT2D eigenvalue weighted by molar-refractivity contribution is 5.69. The average molecular weight is 274 g/mol. The third kappa shape index (κ3) is 6.96. The highest BCUT2D eigenvalue weighted by Crippen LogP contribution is 2.14. The molecule has 0 amide bonds. The van der Waals surface area contributed by atoms with Crippen molar-refractivity contribution in [2.45, 2.75) is 45.1 Å². The van der Waals surface area contributed by atoms with Gasteiger partial charge in [-0.25, -0.2) is 0 Å². The van der Waals surface area contributed by atoms with Crippen molar-refractivity contribution in [1.82, 2.24) is 0 Å². The SMILES string of the molecule is CCOC(=O)CCCCC(C)(O)C#Cc1ccccc1. The molecule has 0 aliphatic rings. The Morgan fingerprint density at radius 3 is 2.65 bits per heavy atom. The summed E-state index contributed by atoms with van der Waals surface area (Å²) in [7, 11) is 0. The molecule has 0 radical (unpaired) electrons. The molecule has 0 heterocycles. The van der Waals surface area contributed by atoms with E-state index in [2.05, 4.69) is 11.8 Å². The van der Waals surface area contributed by atoms with E-state index >= 15 is 0 Å². The second-order valence-corrected chi connectivity index (χ2v) is 4.90. The van der Waals surface area contributed by atoms with Crippen LogP contribution >= 0.6 is 0 Å². The molecule has 1 unspecified atom stereocenters. The summed E-state index contributed by atoms with van der Waals surface area (Å²) < 4.78 is 4.85. The van der Waals surface area contributed by atoms with Crippen molar-refractivity contribution >= 4 is 5.97 Å². The third-order valence-corrected chi connectivity index (χ3v) is 2.85. The fourth-order valence-corrected chi connectivity index (χ4v) is 1.76. The van der Waals surface area contributed by atoms with E-state index in [-0.39, 0.29) is 5.97 Å². The molecule has 0 saturated carbocycles. The number of aliphatic hydroxyl groups is 1. The van der Waals surface area contributed by atoms with Crippen molar-refractivity contribution in [3.05, 3.63) is 35.9 Å². The normalized spacial score (nSPS) is 12.9. The van der Waals surface area contributed by atoms with Gasteiger partial charge in [0.05, 0.1) is 6.61 Å². The topological polar surface area (TPSA) is 46.5 Å². The third-order valence-electron chi connectivity index (χ3n) is 2.85. The molecule has 1 rings (SSSR count). The lowest BCUT2D eigenvalue weighted by Crippen LogP contribution is -2.21. The molecule has 0 saturated heterocycles. The standard InChI is InChI=1S/C17H22O3/c1-3-20-16(18)11-7-8-13-17(2,19)14-12-15-9-5-4-6-10-15/h4-6,9-10,19H,3,7-8,11,13H2,1-2H3. The van der Waals surface area contributed by atoms with E-state index in [1.807, 2.05) is 30.3 Å². The first-order valence-electron chi connectivity index (χ1n) is 7.00. The molecule has 3 nitrogen and oxygen atoms in total. The van der Waals surface area contributed by atoms with Crippen LogP contribution in [0.5, 0.6) is 0 Å². The predicted octanol–water partition coefficient (Wildman–Crippen LogP) is 2.91. The Morgan fingerprint density at radius 2 is 2.00 bits per heavy atom. The fourth-order valence-electron chi connectivity index (χ4n) is 1.76. The van der Waals surface area contributed by atoms with Crippen molar-refractivity contribution < 1.29 is 14.6 Å². The molecule has 0 spiro atoms. The molecule has 1 aromatic rings. The Morgan fingerprint density at radius 1 is 1.30 bits per heavy atom. The largest absolute Gasteiger partial charge is 0.466 e. The first-order valence-corrected chi connectivity index (χ1v) is 7.00. The van der Waals surface area contributed by atoms with Gasteiger partial charge >= 0.3 is 5.97 Å². The van der Waals surface area contributed by atoms with Crippen LogP contribution in [0.1, 0.15) is 45.1 Å². The molecule has 108 valence electrons. The monoisotopic (exact) mass is 274 g/mol. The summed E-state index contributed by atoms with van der Waals surface area (Å²) in [5.74, 6) is 5.66. The number of benzene rings is 1. The first kappa shape index (κ1) is 16.3. The van der Waals surface area contributed by atoms with Gasteiger partial charge in [-0.3, -0.25) is 4.79 Å². The molecule has 1 aromatic carbocycles. The van der Waals surface area contributed by atoms with Gasteiger partial charge in [0.25, 0.3) is 0 Å². The molecule has 20 heavy (non-hydrogen) atoms. The van der Waals surface area contributed by atoms with Crippen LogP contribution in [-0.4, -0.2) is 23.3 Å². The Balaban J connectivity index is 2.35. The van der Waals surface area contributed by atoms with Gasteiger partial charge in [-0.15, -0.1) is 0 Å². The van der Waals surface area contributed by atoms with Crippen molar-refractivity contribution in [3.63, 3.8) is 0 Å². The lowest BCUT2D eigenvalue weighted by Gasteiger charge is -2.15. The first-order chi connectivity index (χ1) is 9.53. The maximum atomic E-state index is 11.2. The zero-order valence-electron chi connectivity index (χ0n) is 12.2. The molecular formula is C17H22O3. The van der Waals surface area contributed by atoms with E-state index in [0.29, 0.717) is 25.9 Å². The van der Waals surface area contributed by atoms with Crippen LogP contribution in [-0.2, 0) is 9.53 Å². The molecule has 0 fully saturated rings. The minimum Gasteiger partial charge on any atom is -0.466 e. The van der Waals surface area contributed by atoms with E-state index in [1.165, 1.54) is 0 Å². The van der Waals surface area contributed by atoms with Crippen molar-refractivity contribution in [2.24, 2.45) is 0 Å². The minimum atomic E-state index is -1.02. The molecule has 0 aliphatic heterocycles. The minimum absolute atomic E-state index is 0.178. The molecule has 0 aliphatic carbocycles. The second-order valence-electron chi connectivity index (χ2n) is 4.90. The van der Waals surface area contributed by atoms with Gasteiger partial charge < -0.3 is 9.84 Å². The van der Waals surface area contributed by atoms with Crippen molar-refractivity contribution in [3.8, 4) is 11.8 Å². The predicted molar refractivity (Wildman–Crippen MR) is 79.0 cm³/mol. The summed E-state index contributed by atoms with van der Waals surface area (Å²) in [6.45, 7) is 3.91. The molecular weight excluding hydrogens is 252 g/mol. The number of esters is 1. The van der Waals surface area contributed by atoms with Gasteiger partial charge in [-0.2, -0.15) is 0 Å². The van der Waals surface area contributed by atoms with Crippen molar-refractivity contribution in [2.75, 3.05) is 6.61 Å². The Kier molecular flexibility index (Phi) is 6.83. The van der Waals surface area contributed by atoms with E-state index in [0.717, 1.165) is 12.0 Å². The highest BCUT2D eigenvalue weighted by atomic mass is 16.5. The average Bonchev–Trinajstić information content (AvgIpc) is 2.43. The van der Waals surface area contributed by atoms with E-state index in [9.17, 15) is 9.90 Å². The summed E-state index contributed by atoms with van der Waals surface area (Å²) in [6, 6.07) is 9.57. The molecule has 3 heteroatoms. The maximum absolute atomic E-state index is 11.2. The van der Waals surface area contributed by atoms with Crippen LogP contribution in [0.2, 0.25) is 0 Å². The molecule has 0 aromatic heterocycles. The second kappa shape index (κ2) is 8.39. The van der Waals surface area contributed by atoms with Crippen LogP contribution in [0.4, 0.5) is 0 Å². The van der Waals surface area contributed by atoms with Gasteiger partial charge in [0, 0.05) is 12.0 Å². The van der Waals surface area contributed by atoms with Gasteiger partial charge in [-0.1, -0.05) is 30.0 Å². The molecule has 1 atom stereocenters. The Bertz CT molecular complexity index is 466. The number of hydrogen-bond acceptors (Lipinski definition) is 3. The van der Waals surface area contributed by atoms with E-state index in [1.54, 1.807) is 13.8 Å². The summed E-state index contributed by atoms with van der Waals surface area (Å²) >= 11 is 0. The Hall–Kier alpha value is -1.79. The van der Waals surface area contributed by atoms with Crippen LogP contribution < -0.4 is 0 Å². The van der Waals surface area contributed by atoms with Gasteiger partial charge in [-0.05, 0) is 45.2 Å². The fraction of sp³-hybridized carbons (Fsp3) is 0.471. The summed E-state index contributed by atoms with van der Waals surface area (Å²) in [4.78, 5) is 11.2. The van der Waals surface area contributed by atoms with E-state index < -0.39 is 5.60 Å². The summed E-state index contributed by atoms with van der Waals surface area (Å²) in [5.41, 5.74) is -0.135. The van der Waals surface area contributed by atoms with E-state index in [4.69, 9.17) is 4.74 Å². The number of rotatable bonds is 6. The number of carbonyl (C=O) groups is 1. The van der Waals surface area contributed by atoms with Crippen LogP contribution in [0.3, 0.4) is 0 Å². The van der Waals surface area contributed by atoms with Crippen LogP contribution in [0.25, 0.3) is 0 Å². The smallest absolute Gasteiger partial charge is 0.305 e. The summed E-state index contributed by atoms with van der Waals surface area (Å²) in [5, 5.41) is 10.2. The van der Waals surface area contributed by atoms with Gasteiger partial charge in [0.1, 0.15) is 5.60 Å². The van der Waals surface area contributed by atoms with Gasteiger partial charge in [0.2, 0.25) is 0 Å². The number of unbranched alkanes of at least 4 members (excludes halogenated alkanes) is 1. The molecule has 1 N–H and O–H groups in total. The quantitative estimate of drug-likeness (QED) is 0.493. The number of hydrogen-bond donors (Lipinski definition) is 1. The Labute approximate surface area is 121 Å². The number of ether oxygens (including phenoxy) is 1. The van der Waals surface area contributed by atoms with Crippen LogP contribution in [0, 0.1) is 11.8 Å². The van der Waals surface area contributed by atoms with Crippen LogP contribution in [0.15, 0.2) is 30.3 Å². The highest BCUT2D eigenvalue weighted by Gasteiger charge is 2.16. The maximum Gasteiger partial charge on any atom is 0.305 e. The number of carbonyl (C=O) groups excluding carboxylic acids is 1. The van der Waals surface area contributed by atoms with Crippen molar-refractivity contribution in [1.29, 1.82) is 0 Å². The summed E-state index contributed by atoms with van der Waals surface area (Å²) in [6.07, 6.45) is 2.40. The lowest BCUT2D eigenvalue weighted by molar-refractivity contribution is -0.143.